The van der Waals surface area contributed by atoms with Crippen molar-refractivity contribution in [3.63, 3.8) is 0 Å². The zero-order valence-electron chi connectivity index (χ0n) is 18.0. The predicted molar refractivity (Wildman–Crippen MR) is 122 cm³/mol. The molecule has 0 aliphatic carbocycles. The van der Waals surface area contributed by atoms with Gasteiger partial charge in [0.15, 0.2) is 0 Å². The summed E-state index contributed by atoms with van der Waals surface area (Å²) in [5, 5.41) is 3.01. The maximum atomic E-state index is 12.6. The highest BCUT2D eigenvalue weighted by molar-refractivity contribution is 6.00. The van der Waals surface area contributed by atoms with Gasteiger partial charge in [-0.2, -0.15) is 0 Å². The van der Waals surface area contributed by atoms with Crippen molar-refractivity contribution >= 4 is 17.5 Å². The highest BCUT2D eigenvalue weighted by atomic mass is 16.2. The molecule has 2 amide bonds. The maximum Gasteiger partial charge on any atom is 0.227 e. The molecule has 0 saturated carbocycles. The van der Waals surface area contributed by atoms with Crippen LogP contribution in [0, 0.1) is 19.8 Å². The molecule has 2 heterocycles. The summed E-state index contributed by atoms with van der Waals surface area (Å²) in [6.07, 6.45) is 4.82. The number of carbonyl (C=O) groups is 2. The van der Waals surface area contributed by atoms with Crippen LogP contribution >= 0.6 is 0 Å². The molecule has 4 rings (SSSR count). The number of benzene rings is 2. The fourth-order valence-corrected chi connectivity index (χ4v) is 3.97. The highest BCUT2D eigenvalue weighted by Gasteiger charge is 2.35. The predicted octanol–water partition coefficient (Wildman–Crippen LogP) is 3.73. The third-order valence-corrected chi connectivity index (χ3v) is 5.92. The van der Waals surface area contributed by atoms with Gasteiger partial charge in [0, 0.05) is 49.7 Å². The molecule has 6 nitrogen and oxygen atoms in total. The summed E-state index contributed by atoms with van der Waals surface area (Å²) in [6.45, 7) is 5.86. The second-order valence-electron chi connectivity index (χ2n) is 8.13. The van der Waals surface area contributed by atoms with Gasteiger partial charge in [-0.25, -0.2) is 4.98 Å². The normalized spacial score (nSPS) is 16.0. The molecule has 160 valence electrons. The molecular formula is C25H28N4O2. The van der Waals surface area contributed by atoms with E-state index < -0.39 is 0 Å². The average Bonchev–Trinajstić information content (AvgIpc) is 3.40. The Kier molecular flexibility index (Phi) is 6.16. The van der Waals surface area contributed by atoms with E-state index in [9.17, 15) is 9.59 Å². The van der Waals surface area contributed by atoms with Crippen LogP contribution in [0.2, 0.25) is 0 Å². The second kappa shape index (κ2) is 9.16. The molecule has 0 radical (unpaired) electrons. The smallest absolute Gasteiger partial charge is 0.227 e. The van der Waals surface area contributed by atoms with E-state index in [2.05, 4.69) is 14.9 Å². The minimum atomic E-state index is -0.303. The number of aromatic nitrogens is 2. The largest absolute Gasteiger partial charge is 0.356 e. The average molecular weight is 417 g/mol. The van der Waals surface area contributed by atoms with Gasteiger partial charge in [0.25, 0.3) is 0 Å². The number of rotatable bonds is 7. The van der Waals surface area contributed by atoms with Crippen molar-refractivity contribution in [2.24, 2.45) is 5.92 Å². The van der Waals surface area contributed by atoms with E-state index in [1.807, 2.05) is 68.6 Å². The Labute approximate surface area is 182 Å². The Bertz CT molecular complexity index is 1070. The van der Waals surface area contributed by atoms with Gasteiger partial charge in [0.2, 0.25) is 11.8 Å². The molecule has 1 N–H and O–H groups in total. The summed E-state index contributed by atoms with van der Waals surface area (Å²) in [4.78, 5) is 31.3. The Morgan fingerprint density at radius 2 is 1.94 bits per heavy atom. The minimum Gasteiger partial charge on any atom is -0.356 e. The standard InChI is InChI=1S/C25H28N4O2/c1-18-9-10-22(15-19(18)2)29-17-21(16-23(29)30)25(31)27-11-6-13-28-14-12-26-24(28)20-7-4-3-5-8-20/h3-5,7-10,12,14-15,21H,6,11,13,16-17H2,1-2H3,(H,27,31). The molecule has 1 atom stereocenters. The lowest BCUT2D eigenvalue weighted by atomic mass is 10.1. The van der Waals surface area contributed by atoms with Crippen LogP contribution in [0.1, 0.15) is 24.0 Å². The summed E-state index contributed by atoms with van der Waals surface area (Å²) >= 11 is 0. The Balaban J connectivity index is 1.28. The SMILES string of the molecule is Cc1ccc(N2CC(C(=O)NCCCn3ccnc3-c3ccccc3)CC2=O)cc1C. The van der Waals surface area contributed by atoms with Gasteiger partial charge in [-0.05, 0) is 43.5 Å². The molecule has 3 aromatic rings. The lowest BCUT2D eigenvalue weighted by molar-refractivity contribution is -0.126. The molecule has 1 unspecified atom stereocenters. The third kappa shape index (κ3) is 4.68. The van der Waals surface area contributed by atoms with Crippen LogP contribution in [0.25, 0.3) is 11.4 Å². The van der Waals surface area contributed by atoms with Gasteiger partial charge in [-0.15, -0.1) is 0 Å². The number of imidazole rings is 1. The quantitative estimate of drug-likeness (QED) is 0.597. The summed E-state index contributed by atoms with van der Waals surface area (Å²) in [7, 11) is 0. The number of amides is 2. The van der Waals surface area contributed by atoms with Gasteiger partial charge >= 0.3 is 0 Å². The lowest BCUT2D eigenvalue weighted by Gasteiger charge is -2.18. The first-order chi connectivity index (χ1) is 15.0. The number of aryl methyl sites for hydroxylation is 3. The van der Waals surface area contributed by atoms with Crippen LogP contribution in [0.4, 0.5) is 5.69 Å². The molecule has 1 saturated heterocycles. The Morgan fingerprint density at radius 3 is 2.71 bits per heavy atom. The second-order valence-corrected chi connectivity index (χ2v) is 8.13. The number of anilines is 1. The van der Waals surface area contributed by atoms with E-state index in [1.54, 1.807) is 11.1 Å². The maximum absolute atomic E-state index is 12.6. The van der Waals surface area contributed by atoms with Crippen molar-refractivity contribution in [3.8, 4) is 11.4 Å². The van der Waals surface area contributed by atoms with Crippen LogP contribution in [0.5, 0.6) is 0 Å². The van der Waals surface area contributed by atoms with Crippen LogP contribution in [-0.4, -0.2) is 34.5 Å². The number of hydrogen-bond donors (Lipinski definition) is 1. The minimum absolute atomic E-state index is 0.00863. The van der Waals surface area contributed by atoms with Gasteiger partial charge in [0.05, 0.1) is 5.92 Å². The molecule has 0 spiro atoms. The van der Waals surface area contributed by atoms with Crippen molar-refractivity contribution in [2.75, 3.05) is 18.0 Å². The molecule has 31 heavy (non-hydrogen) atoms. The van der Waals surface area contributed by atoms with Gasteiger partial charge in [-0.1, -0.05) is 36.4 Å². The highest BCUT2D eigenvalue weighted by Crippen LogP contribution is 2.27. The van der Waals surface area contributed by atoms with Gasteiger partial charge in [-0.3, -0.25) is 9.59 Å². The van der Waals surface area contributed by atoms with Crippen molar-refractivity contribution in [2.45, 2.75) is 33.2 Å². The number of nitrogens with zero attached hydrogens (tertiary/aromatic N) is 3. The molecule has 6 heteroatoms. The molecule has 1 aliphatic heterocycles. The van der Waals surface area contributed by atoms with Crippen LogP contribution < -0.4 is 10.2 Å². The van der Waals surface area contributed by atoms with Gasteiger partial charge in [0.1, 0.15) is 5.82 Å². The Morgan fingerprint density at radius 1 is 1.13 bits per heavy atom. The first-order valence-electron chi connectivity index (χ1n) is 10.7. The van der Waals surface area contributed by atoms with E-state index in [0.29, 0.717) is 13.1 Å². The molecular weight excluding hydrogens is 388 g/mol. The van der Waals surface area contributed by atoms with Crippen LogP contribution in [-0.2, 0) is 16.1 Å². The Hall–Kier alpha value is -3.41. The van der Waals surface area contributed by atoms with Crippen molar-refractivity contribution < 1.29 is 9.59 Å². The van der Waals surface area contributed by atoms with E-state index >= 15 is 0 Å². The summed E-state index contributed by atoms with van der Waals surface area (Å²) in [5.74, 6) is 0.586. The zero-order valence-corrected chi connectivity index (χ0v) is 18.0. The van der Waals surface area contributed by atoms with E-state index in [-0.39, 0.29) is 24.2 Å². The topological polar surface area (TPSA) is 67.2 Å². The van der Waals surface area contributed by atoms with E-state index in [0.717, 1.165) is 35.6 Å². The molecule has 0 bridgehead atoms. The van der Waals surface area contributed by atoms with Crippen LogP contribution in [0.3, 0.4) is 0 Å². The fourth-order valence-electron chi connectivity index (χ4n) is 3.97. The summed E-state index contributed by atoms with van der Waals surface area (Å²) in [5.41, 5.74) is 4.29. The molecule has 1 fully saturated rings. The van der Waals surface area contributed by atoms with Gasteiger partial charge < -0.3 is 14.8 Å². The lowest BCUT2D eigenvalue weighted by Crippen LogP contribution is -2.33. The third-order valence-electron chi connectivity index (χ3n) is 5.92. The zero-order chi connectivity index (χ0) is 21.8. The van der Waals surface area contributed by atoms with E-state index in [4.69, 9.17) is 0 Å². The van der Waals surface area contributed by atoms with Crippen LogP contribution in [0.15, 0.2) is 60.9 Å². The summed E-state index contributed by atoms with van der Waals surface area (Å²) in [6, 6.07) is 16.1. The summed E-state index contributed by atoms with van der Waals surface area (Å²) < 4.78 is 2.10. The number of hydrogen-bond acceptors (Lipinski definition) is 3. The first kappa shape index (κ1) is 20.8. The van der Waals surface area contributed by atoms with Crippen molar-refractivity contribution in [1.29, 1.82) is 0 Å². The first-order valence-corrected chi connectivity index (χ1v) is 10.7. The molecule has 1 aromatic heterocycles. The fraction of sp³-hybridized carbons (Fsp3) is 0.320. The van der Waals surface area contributed by atoms with E-state index in [1.165, 1.54) is 5.56 Å². The van der Waals surface area contributed by atoms with Crippen molar-refractivity contribution in [3.05, 3.63) is 72.1 Å². The monoisotopic (exact) mass is 416 g/mol. The number of carbonyl (C=O) groups excluding carboxylic acids is 2. The van der Waals surface area contributed by atoms with Crippen molar-refractivity contribution in [1.82, 2.24) is 14.9 Å². The molecule has 2 aromatic carbocycles. The molecule has 1 aliphatic rings. The number of nitrogens with one attached hydrogen (secondary N) is 1.